The molecule has 0 spiro atoms. The highest BCUT2D eigenvalue weighted by Crippen LogP contribution is 2.26. The first-order valence-corrected chi connectivity index (χ1v) is 6.92. The van der Waals surface area contributed by atoms with Crippen molar-refractivity contribution in [3.05, 3.63) is 28.2 Å². The van der Waals surface area contributed by atoms with Gasteiger partial charge in [0.15, 0.2) is 0 Å². The van der Waals surface area contributed by atoms with Gasteiger partial charge in [-0.25, -0.2) is 4.79 Å². The number of halogens is 1. The van der Waals surface area contributed by atoms with Crippen molar-refractivity contribution in [2.75, 3.05) is 26.7 Å². The lowest BCUT2D eigenvalue weighted by Gasteiger charge is -2.33. The first-order valence-electron chi connectivity index (χ1n) is 6.12. The third-order valence-corrected chi connectivity index (χ3v) is 3.81. The highest BCUT2D eigenvalue weighted by atomic mass is 79.9. The lowest BCUT2D eigenvalue weighted by Crippen LogP contribution is -2.56. The van der Waals surface area contributed by atoms with Gasteiger partial charge in [-0.15, -0.1) is 0 Å². The predicted molar refractivity (Wildman–Crippen MR) is 76.0 cm³/mol. The topological polar surface area (TPSA) is 78.9 Å². The number of carbonyl (C=O) groups is 2. The number of ether oxygens (including phenoxy) is 1. The van der Waals surface area contributed by atoms with Gasteiger partial charge >= 0.3 is 5.97 Å². The third-order valence-electron chi connectivity index (χ3n) is 3.19. The number of amides is 1. The molecule has 2 N–H and O–H groups in total. The van der Waals surface area contributed by atoms with Crippen LogP contribution in [0.1, 0.15) is 10.4 Å². The zero-order valence-corrected chi connectivity index (χ0v) is 12.5. The van der Waals surface area contributed by atoms with Gasteiger partial charge in [-0.05, 0) is 34.1 Å². The van der Waals surface area contributed by atoms with Gasteiger partial charge in [-0.3, -0.25) is 4.79 Å². The number of carboxylic acids is 1. The fourth-order valence-corrected chi connectivity index (χ4v) is 2.67. The quantitative estimate of drug-likeness (QED) is 0.855. The summed E-state index contributed by atoms with van der Waals surface area (Å²) in [5, 5.41) is 12.2. The van der Waals surface area contributed by atoms with E-state index in [1.54, 1.807) is 25.3 Å². The molecule has 1 atom stereocenters. The van der Waals surface area contributed by atoms with E-state index in [0.29, 0.717) is 28.9 Å². The zero-order chi connectivity index (χ0) is 14.7. The van der Waals surface area contributed by atoms with Crippen molar-refractivity contribution in [2.45, 2.75) is 6.04 Å². The molecule has 0 saturated carbocycles. The molecular formula is C13H15BrN2O4. The van der Waals surface area contributed by atoms with E-state index in [1.807, 2.05) is 0 Å². The Hall–Kier alpha value is -1.60. The van der Waals surface area contributed by atoms with E-state index in [0.717, 1.165) is 0 Å². The Balaban J connectivity index is 2.25. The number of methoxy groups -OCH3 is 1. The van der Waals surface area contributed by atoms with Crippen LogP contribution in [0, 0.1) is 0 Å². The second-order valence-corrected chi connectivity index (χ2v) is 5.26. The van der Waals surface area contributed by atoms with Gasteiger partial charge in [-0.2, -0.15) is 0 Å². The molecule has 1 aliphatic heterocycles. The molecule has 1 unspecified atom stereocenters. The monoisotopic (exact) mass is 342 g/mol. The molecule has 2 rings (SSSR count). The maximum absolute atomic E-state index is 12.4. The Morgan fingerprint density at radius 2 is 2.25 bits per heavy atom. The molecule has 1 fully saturated rings. The van der Waals surface area contributed by atoms with Crippen molar-refractivity contribution in [1.29, 1.82) is 0 Å². The predicted octanol–water partition coefficient (Wildman–Crippen LogP) is 0.956. The smallest absolute Gasteiger partial charge is 0.327 e. The minimum absolute atomic E-state index is 0.262. The van der Waals surface area contributed by atoms with Gasteiger partial charge in [0.25, 0.3) is 5.91 Å². The summed E-state index contributed by atoms with van der Waals surface area (Å²) in [6.07, 6.45) is 0. The Morgan fingerprint density at radius 3 is 2.85 bits per heavy atom. The molecule has 20 heavy (non-hydrogen) atoms. The Labute approximate surface area is 124 Å². The van der Waals surface area contributed by atoms with Gasteiger partial charge in [0, 0.05) is 25.2 Å². The number of hydrogen-bond acceptors (Lipinski definition) is 4. The van der Waals surface area contributed by atoms with Crippen LogP contribution >= 0.6 is 15.9 Å². The molecule has 1 amide bonds. The summed E-state index contributed by atoms with van der Waals surface area (Å²) in [4.78, 5) is 25.0. The van der Waals surface area contributed by atoms with Crippen molar-refractivity contribution in [1.82, 2.24) is 10.2 Å². The summed E-state index contributed by atoms with van der Waals surface area (Å²) in [7, 11) is 1.54. The van der Waals surface area contributed by atoms with Crippen LogP contribution in [0.4, 0.5) is 0 Å². The molecule has 1 saturated heterocycles. The van der Waals surface area contributed by atoms with Crippen LogP contribution in [-0.4, -0.2) is 54.7 Å². The minimum atomic E-state index is -1.00. The molecule has 0 aromatic heterocycles. The summed E-state index contributed by atoms with van der Waals surface area (Å²) >= 11 is 3.32. The standard InChI is InChI=1S/C13H15BrN2O4/c1-20-11-3-2-8(6-9(11)14)12(17)16-5-4-15-7-10(16)13(18)19/h2-3,6,10,15H,4-5,7H2,1H3,(H,18,19). The van der Waals surface area contributed by atoms with Crippen LogP contribution in [0.2, 0.25) is 0 Å². The number of carbonyl (C=O) groups excluding carboxylic acids is 1. The molecule has 0 bridgehead atoms. The number of nitrogens with one attached hydrogen (secondary N) is 1. The lowest BCUT2D eigenvalue weighted by atomic mass is 10.1. The fraction of sp³-hybridized carbons (Fsp3) is 0.385. The van der Waals surface area contributed by atoms with Crippen LogP contribution < -0.4 is 10.1 Å². The van der Waals surface area contributed by atoms with Crippen LogP contribution in [0.5, 0.6) is 5.75 Å². The summed E-state index contributed by atoms with van der Waals surface area (Å²) < 4.78 is 5.77. The van der Waals surface area contributed by atoms with Crippen LogP contribution in [-0.2, 0) is 4.79 Å². The van der Waals surface area contributed by atoms with Crippen molar-refractivity contribution in [2.24, 2.45) is 0 Å². The molecule has 0 aliphatic carbocycles. The molecule has 108 valence electrons. The van der Waals surface area contributed by atoms with E-state index >= 15 is 0 Å². The average molecular weight is 343 g/mol. The number of hydrogen-bond donors (Lipinski definition) is 2. The van der Waals surface area contributed by atoms with Crippen molar-refractivity contribution in [3.63, 3.8) is 0 Å². The fourth-order valence-electron chi connectivity index (χ4n) is 2.13. The normalized spacial score (nSPS) is 18.7. The van der Waals surface area contributed by atoms with Crippen LogP contribution in [0.15, 0.2) is 22.7 Å². The second-order valence-electron chi connectivity index (χ2n) is 4.41. The zero-order valence-electron chi connectivity index (χ0n) is 10.9. The molecule has 1 aromatic rings. The third kappa shape index (κ3) is 2.94. The van der Waals surface area contributed by atoms with Crippen LogP contribution in [0.25, 0.3) is 0 Å². The van der Waals surface area contributed by atoms with E-state index in [1.165, 1.54) is 4.90 Å². The summed E-state index contributed by atoms with van der Waals surface area (Å²) in [5.74, 6) is -0.669. The van der Waals surface area contributed by atoms with E-state index in [9.17, 15) is 14.7 Å². The Kier molecular flexibility index (Phi) is 4.61. The van der Waals surface area contributed by atoms with E-state index in [2.05, 4.69) is 21.2 Å². The average Bonchev–Trinajstić information content (AvgIpc) is 2.46. The Bertz CT molecular complexity index is 535. The lowest BCUT2D eigenvalue weighted by molar-refractivity contribution is -0.142. The summed E-state index contributed by atoms with van der Waals surface area (Å²) in [6.45, 7) is 1.23. The largest absolute Gasteiger partial charge is 0.496 e. The first kappa shape index (κ1) is 14.8. The van der Waals surface area contributed by atoms with Crippen molar-refractivity contribution in [3.8, 4) is 5.75 Å². The molecule has 1 aromatic carbocycles. The van der Waals surface area contributed by atoms with Gasteiger partial charge in [0.1, 0.15) is 11.8 Å². The first-order chi connectivity index (χ1) is 9.54. The van der Waals surface area contributed by atoms with Crippen molar-refractivity contribution < 1.29 is 19.4 Å². The minimum Gasteiger partial charge on any atom is -0.496 e. The van der Waals surface area contributed by atoms with Gasteiger partial charge in [0.2, 0.25) is 0 Å². The van der Waals surface area contributed by atoms with Gasteiger partial charge in [0.05, 0.1) is 11.6 Å². The number of nitrogens with zero attached hydrogens (tertiary/aromatic N) is 1. The van der Waals surface area contributed by atoms with Gasteiger partial charge in [-0.1, -0.05) is 0 Å². The number of piperazine rings is 1. The Morgan fingerprint density at radius 1 is 1.50 bits per heavy atom. The SMILES string of the molecule is COc1ccc(C(=O)N2CCNCC2C(=O)O)cc1Br. The highest BCUT2D eigenvalue weighted by molar-refractivity contribution is 9.10. The molecule has 0 radical (unpaired) electrons. The highest BCUT2D eigenvalue weighted by Gasteiger charge is 2.32. The van der Waals surface area contributed by atoms with E-state index in [4.69, 9.17) is 4.74 Å². The molecule has 1 aliphatic rings. The number of aliphatic carboxylic acids is 1. The molecule has 1 heterocycles. The number of carboxylic acid groups (broad SMARTS) is 1. The van der Waals surface area contributed by atoms with Crippen LogP contribution in [0.3, 0.4) is 0 Å². The summed E-state index contributed by atoms with van der Waals surface area (Å²) in [5.41, 5.74) is 0.436. The van der Waals surface area contributed by atoms with Gasteiger partial charge < -0.3 is 20.1 Å². The number of rotatable bonds is 3. The maximum atomic E-state index is 12.4. The number of benzene rings is 1. The second kappa shape index (κ2) is 6.23. The summed E-state index contributed by atoms with van der Waals surface area (Å²) in [6, 6.07) is 4.11. The molecule has 6 nitrogen and oxygen atoms in total. The van der Waals surface area contributed by atoms with Crippen molar-refractivity contribution >= 4 is 27.8 Å². The van der Waals surface area contributed by atoms with E-state index in [-0.39, 0.29) is 12.5 Å². The molecular weight excluding hydrogens is 328 g/mol. The van der Waals surface area contributed by atoms with E-state index < -0.39 is 12.0 Å². The molecule has 7 heteroatoms. The maximum Gasteiger partial charge on any atom is 0.327 e.